The highest BCUT2D eigenvalue weighted by molar-refractivity contribution is 5.19. The summed E-state index contributed by atoms with van der Waals surface area (Å²) < 4.78 is 12.8. The van der Waals surface area contributed by atoms with Gasteiger partial charge in [-0.3, -0.25) is 0 Å². The van der Waals surface area contributed by atoms with Crippen molar-refractivity contribution in [2.24, 2.45) is 0 Å². The van der Waals surface area contributed by atoms with Crippen molar-refractivity contribution in [3.05, 3.63) is 35.6 Å². The summed E-state index contributed by atoms with van der Waals surface area (Å²) in [6, 6.07) is 6.68. The van der Waals surface area contributed by atoms with Gasteiger partial charge < -0.3 is 10.4 Å². The molecule has 2 N–H and O–H groups in total. The molecule has 1 aromatic carbocycles. The fourth-order valence-electron chi connectivity index (χ4n) is 1.66. The van der Waals surface area contributed by atoms with Crippen LogP contribution in [0.3, 0.4) is 0 Å². The monoisotopic (exact) mass is 239 g/mol. The number of hydrogen-bond donors (Lipinski definition) is 2. The Morgan fingerprint density at radius 3 is 2.35 bits per heavy atom. The van der Waals surface area contributed by atoms with Gasteiger partial charge in [0.1, 0.15) is 5.82 Å². The lowest BCUT2D eigenvalue weighted by atomic mass is 10.0. The Hall–Kier alpha value is -0.930. The lowest BCUT2D eigenvalue weighted by Gasteiger charge is -2.26. The van der Waals surface area contributed by atoms with Crippen molar-refractivity contribution < 1.29 is 9.50 Å². The van der Waals surface area contributed by atoms with Gasteiger partial charge in [-0.05, 0) is 37.5 Å². The first-order valence-corrected chi connectivity index (χ1v) is 6.19. The third-order valence-corrected chi connectivity index (χ3v) is 3.17. The van der Waals surface area contributed by atoms with Crippen LogP contribution < -0.4 is 5.32 Å². The molecular weight excluding hydrogens is 217 g/mol. The van der Waals surface area contributed by atoms with Crippen LogP contribution in [0.1, 0.15) is 45.2 Å². The molecule has 0 aliphatic rings. The van der Waals surface area contributed by atoms with Gasteiger partial charge in [0.15, 0.2) is 0 Å². The molecule has 0 radical (unpaired) electrons. The van der Waals surface area contributed by atoms with Gasteiger partial charge in [0.05, 0.1) is 5.60 Å². The molecule has 0 heterocycles. The second-order valence-electron chi connectivity index (χ2n) is 4.74. The summed E-state index contributed by atoms with van der Waals surface area (Å²) in [5, 5.41) is 13.3. The lowest BCUT2D eigenvalue weighted by Crippen LogP contribution is -2.38. The Labute approximate surface area is 103 Å². The van der Waals surface area contributed by atoms with Crippen LogP contribution in [0.2, 0.25) is 0 Å². The zero-order valence-corrected chi connectivity index (χ0v) is 10.8. The van der Waals surface area contributed by atoms with E-state index in [1.54, 1.807) is 12.1 Å². The van der Waals surface area contributed by atoms with Gasteiger partial charge in [0.2, 0.25) is 0 Å². The van der Waals surface area contributed by atoms with Gasteiger partial charge in [-0.2, -0.15) is 0 Å². The number of benzene rings is 1. The minimum absolute atomic E-state index is 0.161. The highest BCUT2D eigenvalue weighted by Crippen LogP contribution is 2.18. The van der Waals surface area contributed by atoms with Gasteiger partial charge in [-0.25, -0.2) is 4.39 Å². The highest BCUT2D eigenvalue weighted by atomic mass is 19.1. The second-order valence-corrected chi connectivity index (χ2v) is 4.74. The number of halogens is 1. The van der Waals surface area contributed by atoms with Crippen LogP contribution in [0.4, 0.5) is 4.39 Å². The first-order valence-electron chi connectivity index (χ1n) is 6.19. The second kappa shape index (κ2) is 6.12. The predicted octanol–water partition coefficient (Wildman–Crippen LogP) is 3.03. The maximum Gasteiger partial charge on any atom is 0.123 e. The Bertz CT molecular complexity index is 335. The maximum atomic E-state index is 12.8. The summed E-state index contributed by atoms with van der Waals surface area (Å²) in [7, 11) is 0. The number of rotatable bonds is 6. The fourth-order valence-corrected chi connectivity index (χ4v) is 1.66. The summed E-state index contributed by atoms with van der Waals surface area (Å²) in [5.41, 5.74) is 0.369. The van der Waals surface area contributed by atoms with Crippen molar-refractivity contribution in [1.29, 1.82) is 0 Å². The van der Waals surface area contributed by atoms with Gasteiger partial charge in [-0.1, -0.05) is 26.0 Å². The van der Waals surface area contributed by atoms with Crippen LogP contribution in [-0.4, -0.2) is 17.3 Å². The third-order valence-electron chi connectivity index (χ3n) is 3.17. The van der Waals surface area contributed by atoms with Crippen molar-refractivity contribution in [2.75, 3.05) is 6.54 Å². The standard InChI is InChI=1S/C14H22FNO/c1-4-13(16-10-14(3,17)5-2)11-6-8-12(15)9-7-11/h6-9,13,16-17H,4-5,10H2,1-3H3. The first kappa shape index (κ1) is 14.1. The summed E-state index contributed by atoms with van der Waals surface area (Å²) in [5.74, 6) is -0.218. The molecule has 0 bridgehead atoms. The number of hydrogen-bond acceptors (Lipinski definition) is 2. The van der Waals surface area contributed by atoms with Crippen LogP contribution in [-0.2, 0) is 0 Å². The molecule has 2 nitrogen and oxygen atoms in total. The first-order chi connectivity index (χ1) is 7.98. The van der Waals surface area contributed by atoms with Gasteiger partial charge in [0, 0.05) is 12.6 Å². The molecule has 1 aromatic rings. The number of nitrogens with one attached hydrogen (secondary N) is 1. The molecule has 2 unspecified atom stereocenters. The van der Waals surface area contributed by atoms with Crippen molar-refractivity contribution in [2.45, 2.75) is 45.3 Å². The average Bonchev–Trinajstić information content (AvgIpc) is 2.32. The zero-order valence-electron chi connectivity index (χ0n) is 10.8. The zero-order chi connectivity index (χ0) is 12.9. The van der Waals surface area contributed by atoms with E-state index in [9.17, 15) is 9.50 Å². The molecule has 3 heteroatoms. The van der Waals surface area contributed by atoms with Crippen LogP contribution in [0.15, 0.2) is 24.3 Å². The molecule has 0 saturated carbocycles. The van der Waals surface area contributed by atoms with E-state index in [0.717, 1.165) is 12.0 Å². The Morgan fingerprint density at radius 2 is 1.88 bits per heavy atom. The average molecular weight is 239 g/mol. The van der Waals surface area contributed by atoms with E-state index in [2.05, 4.69) is 12.2 Å². The van der Waals surface area contributed by atoms with Crippen molar-refractivity contribution in [1.82, 2.24) is 5.32 Å². The Kier molecular flexibility index (Phi) is 5.09. The van der Waals surface area contributed by atoms with E-state index < -0.39 is 5.60 Å². The summed E-state index contributed by atoms with van der Waals surface area (Å²) in [4.78, 5) is 0. The molecule has 0 fully saturated rings. The Balaban J connectivity index is 2.63. The smallest absolute Gasteiger partial charge is 0.123 e. The van der Waals surface area contributed by atoms with Crippen molar-refractivity contribution in [3.63, 3.8) is 0 Å². The normalized spacial score (nSPS) is 16.5. The van der Waals surface area contributed by atoms with Crippen LogP contribution >= 0.6 is 0 Å². The summed E-state index contributed by atoms with van der Waals surface area (Å²) >= 11 is 0. The molecule has 0 amide bonds. The molecule has 0 aliphatic carbocycles. The van der Waals surface area contributed by atoms with Crippen LogP contribution in [0, 0.1) is 5.82 Å². The molecular formula is C14H22FNO. The predicted molar refractivity (Wildman–Crippen MR) is 68.3 cm³/mol. The summed E-state index contributed by atoms with van der Waals surface area (Å²) in [6.45, 7) is 6.39. The number of aliphatic hydroxyl groups is 1. The third kappa shape index (κ3) is 4.44. The maximum absolute atomic E-state index is 12.8. The van der Waals surface area contributed by atoms with Gasteiger partial charge in [-0.15, -0.1) is 0 Å². The van der Waals surface area contributed by atoms with Crippen molar-refractivity contribution >= 4 is 0 Å². The summed E-state index contributed by atoms with van der Waals surface area (Å²) in [6.07, 6.45) is 1.62. The van der Waals surface area contributed by atoms with E-state index in [4.69, 9.17) is 0 Å². The van der Waals surface area contributed by atoms with Crippen molar-refractivity contribution in [3.8, 4) is 0 Å². The molecule has 2 atom stereocenters. The fraction of sp³-hybridized carbons (Fsp3) is 0.571. The minimum atomic E-state index is -0.687. The topological polar surface area (TPSA) is 32.3 Å². The molecule has 0 aromatic heterocycles. The quantitative estimate of drug-likeness (QED) is 0.799. The molecule has 17 heavy (non-hydrogen) atoms. The Morgan fingerprint density at radius 1 is 1.29 bits per heavy atom. The van der Waals surface area contributed by atoms with Crippen LogP contribution in [0.25, 0.3) is 0 Å². The molecule has 0 aliphatic heterocycles. The highest BCUT2D eigenvalue weighted by Gasteiger charge is 2.19. The molecule has 1 rings (SSSR count). The van der Waals surface area contributed by atoms with E-state index in [0.29, 0.717) is 13.0 Å². The van der Waals surface area contributed by atoms with Gasteiger partial charge >= 0.3 is 0 Å². The minimum Gasteiger partial charge on any atom is -0.389 e. The van der Waals surface area contributed by atoms with Gasteiger partial charge in [0.25, 0.3) is 0 Å². The largest absolute Gasteiger partial charge is 0.389 e. The molecule has 0 saturated heterocycles. The lowest BCUT2D eigenvalue weighted by molar-refractivity contribution is 0.0526. The molecule has 96 valence electrons. The van der Waals surface area contributed by atoms with E-state index in [-0.39, 0.29) is 11.9 Å². The van der Waals surface area contributed by atoms with E-state index >= 15 is 0 Å². The van der Waals surface area contributed by atoms with Crippen LogP contribution in [0.5, 0.6) is 0 Å². The van der Waals surface area contributed by atoms with E-state index in [1.165, 1.54) is 12.1 Å². The molecule has 0 spiro atoms. The SMILES string of the molecule is CCC(NCC(C)(O)CC)c1ccc(F)cc1. The van der Waals surface area contributed by atoms with E-state index in [1.807, 2.05) is 13.8 Å².